The minimum Gasteiger partial charge on any atom is -0.315 e. The van der Waals surface area contributed by atoms with Crippen LogP contribution in [0.15, 0.2) is 53.0 Å². The van der Waals surface area contributed by atoms with Crippen LogP contribution >= 0.6 is 15.9 Å². The molecule has 0 bridgehead atoms. The fourth-order valence-electron chi connectivity index (χ4n) is 2.94. The molecule has 1 nitrogen and oxygen atoms in total. The molecule has 1 aliphatic heterocycles. The zero-order chi connectivity index (χ0) is 14.0. The Morgan fingerprint density at radius 1 is 0.950 bits per heavy atom. The summed E-state index contributed by atoms with van der Waals surface area (Å²) in [5.74, 6) is 0. The zero-order valence-electron chi connectivity index (χ0n) is 11.8. The van der Waals surface area contributed by atoms with Crippen LogP contribution in [0.1, 0.15) is 23.6 Å². The van der Waals surface area contributed by atoms with Gasteiger partial charge in [-0.05, 0) is 41.7 Å². The van der Waals surface area contributed by atoms with Crippen molar-refractivity contribution in [2.75, 3.05) is 13.1 Å². The van der Waals surface area contributed by atoms with Crippen molar-refractivity contribution in [2.24, 2.45) is 0 Å². The standard InChI is InChI=1S/C18H20BrN/c1-2-14-3-5-15(6-4-14)11-18(12-20-13-18)16-7-9-17(19)10-8-16/h3-10,20H,2,11-13H2,1H3. The maximum Gasteiger partial charge on any atom is 0.0242 e. The van der Waals surface area contributed by atoms with Gasteiger partial charge in [-0.25, -0.2) is 0 Å². The van der Waals surface area contributed by atoms with E-state index in [-0.39, 0.29) is 5.41 Å². The minimum atomic E-state index is 0.272. The van der Waals surface area contributed by atoms with E-state index in [0.29, 0.717) is 0 Å². The largest absolute Gasteiger partial charge is 0.315 e. The van der Waals surface area contributed by atoms with Gasteiger partial charge in [0.15, 0.2) is 0 Å². The Bertz CT molecular complexity index is 567. The lowest BCUT2D eigenvalue weighted by Crippen LogP contribution is -2.58. The van der Waals surface area contributed by atoms with Crippen LogP contribution < -0.4 is 5.32 Å². The molecule has 1 fully saturated rings. The van der Waals surface area contributed by atoms with Gasteiger partial charge in [0.25, 0.3) is 0 Å². The molecule has 0 amide bonds. The highest BCUT2D eigenvalue weighted by molar-refractivity contribution is 9.10. The molecule has 0 spiro atoms. The van der Waals surface area contributed by atoms with Gasteiger partial charge in [0.1, 0.15) is 0 Å². The van der Waals surface area contributed by atoms with E-state index in [1.54, 1.807) is 0 Å². The lowest BCUT2D eigenvalue weighted by Gasteiger charge is -2.43. The quantitative estimate of drug-likeness (QED) is 0.890. The van der Waals surface area contributed by atoms with Crippen LogP contribution in [0.25, 0.3) is 0 Å². The zero-order valence-corrected chi connectivity index (χ0v) is 13.4. The molecule has 2 heteroatoms. The average Bonchev–Trinajstić information content (AvgIpc) is 2.45. The smallest absolute Gasteiger partial charge is 0.0242 e. The number of nitrogens with one attached hydrogen (secondary N) is 1. The van der Waals surface area contributed by atoms with Crippen LogP contribution in [0, 0.1) is 0 Å². The summed E-state index contributed by atoms with van der Waals surface area (Å²) in [6.07, 6.45) is 2.23. The molecular weight excluding hydrogens is 310 g/mol. The van der Waals surface area contributed by atoms with Crippen LogP contribution in [0.5, 0.6) is 0 Å². The predicted octanol–water partition coefficient (Wildman–Crippen LogP) is 4.10. The molecule has 0 radical (unpaired) electrons. The molecule has 1 N–H and O–H groups in total. The first-order chi connectivity index (χ1) is 9.72. The van der Waals surface area contributed by atoms with Crippen molar-refractivity contribution in [1.29, 1.82) is 0 Å². The molecule has 0 atom stereocenters. The van der Waals surface area contributed by atoms with Gasteiger partial charge in [-0.15, -0.1) is 0 Å². The average molecular weight is 330 g/mol. The minimum absolute atomic E-state index is 0.272. The van der Waals surface area contributed by atoms with Crippen molar-refractivity contribution >= 4 is 15.9 Å². The summed E-state index contributed by atoms with van der Waals surface area (Å²) in [5.41, 5.74) is 4.57. The summed E-state index contributed by atoms with van der Waals surface area (Å²) >= 11 is 3.52. The van der Waals surface area contributed by atoms with Crippen LogP contribution in [0.3, 0.4) is 0 Å². The SMILES string of the molecule is CCc1ccc(CC2(c3ccc(Br)cc3)CNC2)cc1. The first-order valence-corrected chi connectivity index (χ1v) is 8.06. The number of hydrogen-bond acceptors (Lipinski definition) is 1. The van der Waals surface area contributed by atoms with Crippen molar-refractivity contribution in [3.63, 3.8) is 0 Å². The van der Waals surface area contributed by atoms with Crippen LogP contribution in [0.2, 0.25) is 0 Å². The number of hydrogen-bond donors (Lipinski definition) is 1. The maximum atomic E-state index is 3.52. The van der Waals surface area contributed by atoms with Crippen LogP contribution in [-0.2, 0) is 18.3 Å². The molecule has 0 aromatic heterocycles. The van der Waals surface area contributed by atoms with Gasteiger partial charge >= 0.3 is 0 Å². The van der Waals surface area contributed by atoms with E-state index < -0.39 is 0 Å². The highest BCUT2D eigenvalue weighted by Crippen LogP contribution is 2.33. The first-order valence-electron chi connectivity index (χ1n) is 7.26. The molecule has 1 saturated heterocycles. The molecule has 3 rings (SSSR count). The summed E-state index contributed by atoms with van der Waals surface area (Å²) < 4.78 is 1.15. The number of halogens is 1. The lowest BCUT2D eigenvalue weighted by atomic mass is 9.71. The Morgan fingerprint density at radius 3 is 2.05 bits per heavy atom. The molecule has 104 valence electrons. The second-order valence-corrected chi connectivity index (χ2v) is 6.65. The number of rotatable bonds is 4. The molecular formula is C18H20BrN. The summed E-state index contributed by atoms with van der Waals surface area (Å²) in [7, 11) is 0. The van der Waals surface area contributed by atoms with E-state index in [4.69, 9.17) is 0 Å². The first kappa shape index (κ1) is 13.8. The van der Waals surface area contributed by atoms with Gasteiger partial charge < -0.3 is 5.32 Å². The highest BCUT2D eigenvalue weighted by atomic mass is 79.9. The number of aryl methyl sites for hydroxylation is 1. The van der Waals surface area contributed by atoms with E-state index in [2.05, 4.69) is 76.7 Å². The highest BCUT2D eigenvalue weighted by Gasteiger charge is 2.38. The Kier molecular flexibility index (Phi) is 3.95. The normalized spacial score (nSPS) is 16.7. The van der Waals surface area contributed by atoms with Gasteiger partial charge in [0.05, 0.1) is 0 Å². The lowest BCUT2D eigenvalue weighted by molar-refractivity contribution is 0.274. The molecule has 1 heterocycles. The third kappa shape index (κ3) is 2.68. The van der Waals surface area contributed by atoms with E-state index in [1.807, 2.05) is 0 Å². The van der Waals surface area contributed by atoms with Crippen molar-refractivity contribution < 1.29 is 0 Å². The third-order valence-corrected chi connectivity index (χ3v) is 4.89. The van der Waals surface area contributed by atoms with Gasteiger partial charge in [0, 0.05) is 23.0 Å². The van der Waals surface area contributed by atoms with Crippen molar-refractivity contribution in [1.82, 2.24) is 5.32 Å². The summed E-state index contributed by atoms with van der Waals surface area (Å²) in [4.78, 5) is 0. The van der Waals surface area contributed by atoms with Crippen LogP contribution in [-0.4, -0.2) is 13.1 Å². The Hall–Kier alpha value is -1.12. The van der Waals surface area contributed by atoms with E-state index >= 15 is 0 Å². The van der Waals surface area contributed by atoms with E-state index in [0.717, 1.165) is 30.4 Å². The molecule has 0 unspecified atom stereocenters. The summed E-state index contributed by atoms with van der Waals surface area (Å²) in [6.45, 7) is 4.35. The molecule has 2 aromatic carbocycles. The fraction of sp³-hybridized carbons (Fsp3) is 0.333. The predicted molar refractivity (Wildman–Crippen MR) is 88.2 cm³/mol. The number of benzene rings is 2. The summed E-state index contributed by atoms with van der Waals surface area (Å²) in [5, 5.41) is 3.45. The molecule has 0 saturated carbocycles. The Morgan fingerprint density at radius 2 is 1.55 bits per heavy atom. The Balaban J connectivity index is 1.83. The van der Waals surface area contributed by atoms with Gasteiger partial charge in [-0.1, -0.05) is 59.3 Å². The van der Waals surface area contributed by atoms with Crippen molar-refractivity contribution in [3.05, 3.63) is 69.7 Å². The third-order valence-electron chi connectivity index (χ3n) is 4.36. The second kappa shape index (κ2) is 5.71. The molecule has 20 heavy (non-hydrogen) atoms. The van der Waals surface area contributed by atoms with E-state index in [9.17, 15) is 0 Å². The van der Waals surface area contributed by atoms with Gasteiger partial charge in [-0.3, -0.25) is 0 Å². The van der Waals surface area contributed by atoms with Gasteiger partial charge in [-0.2, -0.15) is 0 Å². The van der Waals surface area contributed by atoms with Crippen molar-refractivity contribution in [3.8, 4) is 0 Å². The summed E-state index contributed by atoms with van der Waals surface area (Å²) in [6, 6.07) is 17.9. The maximum absolute atomic E-state index is 3.52. The van der Waals surface area contributed by atoms with Crippen molar-refractivity contribution in [2.45, 2.75) is 25.2 Å². The molecule has 1 aliphatic rings. The molecule has 0 aliphatic carbocycles. The molecule has 2 aromatic rings. The van der Waals surface area contributed by atoms with Crippen LogP contribution in [0.4, 0.5) is 0 Å². The monoisotopic (exact) mass is 329 g/mol. The Labute approximate surface area is 129 Å². The fourth-order valence-corrected chi connectivity index (χ4v) is 3.21. The second-order valence-electron chi connectivity index (χ2n) is 5.74. The van der Waals surface area contributed by atoms with E-state index in [1.165, 1.54) is 16.7 Å². The van der Waals surface area contributed by atoms with Gasteiger partial charge in [0.2, 0.25) is 0 Å². The topological polar surface area (TPSA) is 12.0 Å².